The van der Waals surface area contributed by atoms with Gasteiger partial charge in [0.05, 0.1) is 0 Å². The molecule has 1 heteroatoms. The van der Waals surface area contributed by atoms with Crippen molar-refractivity contribution in [2.45, 2.75) is 226 Å². The standard InChI is InChI=1S/C37H77N/c1-3-5-7-9-11-13-15-17-19-21-23-25-27-29-31-33-35-37-38-36-34-32-30-28-26-24-22-20-18-16-14-12-10-8-6-4-2/h38H,3-37H2,1-2H3. The maximum atomic E-state index is 3.69. The van der Waals surface area contributed by atoms with Gasteiger partial charge in [-0.2, -0.15) is 0 Å². The first-order chi connectivity index (χ1) is 18.9. The SMILES string of the molecule is CCCCCCCCCCCCCCCCCCCNCCCCCCCCCCCCCCCCCC. The van der Waals surface area contributed by atoms with Crippen molar-refractivity contribution in [1.29, 1.82) is 0 Å². The summed E-state index contributed by atoms with van der Waals surface area (Å²) in [5.41, 5.74) is 0. The molecule has 0 unspecified atom stereocenters. The third-order valence-electron chi connectivity index (χ3n) is 8.66. The van der Waals surface area contributed by atoms with E-state index in [0.717, 1.165) is 0 Å². The van der Waals surface area contributed by atoms with Gasteiger partial charge >= 0.3 is 0 Å². The monoisotopic (exact) mass is 536 g/mol. The molecule has 0 aliphatic rings. The predicted molar refractivity (Wildman–Crippen MR) is 177 cm³/mol. The minimum absolute atomic E-state index is 1.25. The zero-order chi connectivity index (χ0) is 27.5. The van der Waals surface area contributed by atoms with Crippen LogP contribution >= 0.6 is 0 Å². The van der Waals surface area contributed by atoms with E-state index in [1.165, 1.54) is 225 Å². The number of nitrogens with one attached hydrogen (secondary N) is 1. The molecule has 0 saturated carbocycles. The van der Waals surface area contributed by atoms with Crippen LogP contribution in [0, 0.1) is 0 Å². The number of rotatable bonds is 35. The van der Waals surface area contributed by atoms with Gasteiger partial charge in [-0.25, -0.2) is 0 Å². The van der Waals surface area contributed by atoms with Crippen molar-refractivity contribution in [2.24, 2.45) is 0 Å². The van der Waals surface area contributed by atoms with E-state index in [-0.39, 0.29) is 0 Å². The molecule has 0 bridgehead atoms. The highest BCUT2D eigenvalue weighted by Gasteiger charge is 1.97. The number of unbranched alkanes of at least 4 members (excludes halogenated alkanes) is 31. The lowest BCUT2D eigenvalue weighted by Crippen LogP contribution is -2.16. The lowest BCUT2D eigenvalue weighted by molar-refractivity contribution is 0.515. The van der Waals surface area contributed by atoms with Crippen LogP contribution in [0.25, 0.3) is 0 Å². The second-order valence-electron chi connectivity index (χ2n) is 12.7. The van der Waals surface area contributed by atoms with Gasteiger partial charge in [-0.15, -0.1) is 0 Å². The quantitative estimate of drug-likeness (QED) is 0.0795. The van der Waals surface area contributed by atoms with Gasteiger partial charge in [0.2, 0.25) is 0 Å². The van der Waals surface area contributed by atoms with E-state index < -0.39 is 0 Å². The Labute approximate surface area is 243 Å². The van der Waals surface area contributed by atoms with Crippen LogP contribution < -0.4 is 5.32 Å². The molecule has 1 N–H and O–H groups in total. The van der Waals surface area contributed by atoms with Gasteiger partial charge in [-0.3, -0.25) is 0 Å². The average Bonchev–Trinajstić information content (AvgIpc) is 2.93. The van der Waals surface area contributed by atoms with Crippen LogP contribution in [0.5, 0.6) is 0 Å². The van der Waals surface area contributed by atoms with Gasteiger partial charge < -0.3 is 5.32 Å². The van der Waals surface area contributed by atoms with Crippen LogP contribution in [-0.4, -0.2) is 13.1 Å². The molecular formula is C37H77N. The van der Waals surface area contributed by atoms with Crippen molar-refractivity contribution in [3.63, 3.8) is 0 Å². The largest absolute Gasteiger partial charge is 0.317 e. The molecule has 0 aromatic heterocycles. The lowest BCUT2D eigenvalue weighted by Gasteiger charge is -2.06. The topological polar surface area (TPSA) is 12.0 Å². The fourth-order valence-corrected chi connectivity index (χ4v) is 5.90. The van der Waals surface area contributed by atoms with E-state index in [9.17, 15) is 0 Å². The highest BCUT2D eigenvalue weighted by Crippen LogP contribution is 2.15. The van der Waals surface area contributed by atoms with E-state index >= 15 is 0 Å². The Balaban J connectivity index is 3.01. The Morgan fingerprint density at radius 3 is 0.553 bits per heavy atom. The van der Waals surface area contributed by atoms with Crippen molar-refractivity contribution in [2.75, 3.05) is 13.1 Å². The Kier molecular flexibility index (Phi) is 36.9. The summed E-state index contributed by atoms with van der Waals surface area (Å²) in [7, 11) is 0. The second kappa shape index (κ2) is 37.0. The van der Waals surface area contributed by atoms with Crippen molar-refractivity contribution in [3.8, 4) is 0 Å². The molecule has 0 aliphatic heterocycles. The molecule has 0 aromatic carbocycles. The minimum atomic E-state index is 1.25. The summed E-state index contributed by atoms with van der Waals surface area (Å²) in [6, 6.07) is 0. The van der Waals surface area contributed by atoms with E-state index in [4.69, 9.17) is 0 Å². The van der Waals surface area contributed by atoms with Crippen molar-refractivity contribution < 1.29 is 0 Å². The molecule has 1 nitrogen and oxygen atoms in total. The second-order valence-corrected chi connectivity index (χ2v) is 12.7. The van der Waals surface area contributed by atoms with Crippen LogP contribution in [0.3, 0.4) is 0 Å². The molecule has 0 atom stereocenters. The first kappa shape index (κ1) is 38.0. The first-order valence-corrected chi connectivity index (χ1v) is 18.6. The molecule has 0 saturated heterocycles. The summed E-state index contributed by atoms with van der Waals surface area (Å²) in [6.45, 7) is 7.11. The van der Waals surface area contributed by atoms with Gasteiger partial charge in [-0.1, -0.05) is 213 Å². The van der Waals surface area contributed by atoms with Gasteiger partial charge in [0.1, 0.15) is 0 Å². The van der Waals surface area contributed by atoms with Crippen LogP contribution in [0.1, 0.15) is 226 Å². The van der Waals surface area contributed by atoms with Gasteiger partial charge in [0, 0.05) is 0 Å². The summed E-state index contributed by atoms with van der Waals surface area (Å²) < 4.78 is 0. The molecule has 0 fully saturated rings. The smallest absolute Gasteiger partial charge is 0.00489 e. The molecule has 0 amide bonds. The Bertz CT molecular complexity index is 343. The molecule has 0 heterocycles. The highest BCUT2D eigenvalue weighted by molar-refractivity contribution is 4.54. The van der Waals surface area contributed by atoms with Crippen LogP contribution in [0.4, 0.5) is 0 Å². The molecule has 0 radical (unpaired) electrons. The fraction of sp³-hybridized carbons (Fsp3) is 1.00. The summed E-state index contributed by atoms with van der Waals surface area (Å²) in [4.78, 5) is 0. The van der Waals surface area contributed by atoms with E-state index in [1.807, 2.05) is 0 Å². The third-order valence-corrected chi connectivity index (χ3v) is 8.66. The normalized spacial score (nSPS) is 11.5. The third kappa shape index (κ3) is 36.0. The number of hydrogen-bond donors (Lipinski definition) is 1. The summed E-state index contributed by atoms with van der Waals surface area (Å²) in [5.74, 6) is 0. The lowest BCUT2D eigenvalue weighted by atomic mass is 10.0. The maximum absolute atomic E-state index is 3.69. The van der Waals surface area contributed by atoms with Crippen molar-refractivity contribution >= 4 is 0 Å². The maximum Gasteiger partial charge on any atom is -0.00489 e. The fourth-order valence-electron chi connectivity index (χ4n) is 5.90. The van der Waals surface area contributed by atoms with Gasteiger partial charge in [-0.05, 0) is 25.9 Å². The predicted octanol–water partition coefficient (Wildman–Crippen LogP) is 13.5. The van der Waals surface area contributed by atoms with E-state index in [1.54, 1.807) is 0 Å². The van der Waals surface area contributed by atoms with Crippen molar-refractivity contribution in [1.82, 2.24) is 5.32 Å². The van der Waals surface area contributed by atoms with E-state index in [0.29, 0.717) is 0 Å². The molecule has 0 rings (SSSR count). The summed E-state index contributed by atoms with van der Waals surface area (Å²) in [5, 5.41) is 3.69. The zero-order valence-corrected chi connectivity index (χ0v) is 27.2. The summed E-state index contributed by atoms with van der Waals surface area (Å²) in [6.07, 6.45) is 48.2. The summed E-state index contributed by atoms with van der Waals surface area (Å²) >= 11 is 0. The zero-order valence-electron chi connectivity index (χ0n) is 27.2. The Morgan fingerprint density at radius 1 is 0.211 bits per heavy atom. The molecule has 230 valence electrons. The number of hydrogen-bond acceptors (Lipinski definition) is 1. The van der Waals surface area contributed by atoms with E-state index in [2.05, 4.69) is 19.2 Å². The van der Waals surface area contributed by atoms with Crippen molar-refractivity contribution in [3.05, 3.63) is 0 Å². The van der Waals surface area contributed by atoms with Gasteiger partial charge in [0.15, 0.2) is 0 Å². The van der Waals surface area contributed by atoms with Crippen LogP contribution in [0.2, 0.25) is 0 Å². The molecular weight excluding hydrogens is 458 g/mol. The van der Waals surface area contributed by atoms with Gasteiger partial charge in [0.25, 0.3) is 0 Å². The van der Waals surface area contributed by atoms with Crippen LogP contribution in [0.15, 0.2) is 0 Å². The minimum Gasteiger partial charge on any atom is -0.317 e. The molecule has 0 aromatic rings. The Hall–Kier alpha value is -0.0400. The Morgan fingerprint density at radius 2 is 0.368 bits per heavy atom. The molecule has 0 aliphatic carbocycles. The van der Waals surface area contributed by atoms with Crippen LogP contribution in [-0.2, 0) is 0 Å². The first-order valence-electron chi connectivity index (χ1n) is 18.6. The highest BCUT2D eigenvalue weighted by atomic mass is 14.8. The average molecular weight is 536 g/mol. The molecule has 0 spiro atoms. The molecule has 38 heavy (non-hydrogen) atoms.